The van der Waals surface area contributed by atoms with E-state index < -0.39 is 47.6 Å². The number of ether oxygens (including phenoxy) is 2. The van der Waals surface area contributed by atoms with Crippen LogP contribution in [-0.4, -0.2) is 76.3 Å². The molecule has 0 radical (unpaired) electrons. The van der Waals surface area contributed by atoms with Crippen LogP contribution in [0.4, 0.5) is 4.39 Å². The summed E-state index contributed by atoms with van der Waals surface area (Å²) in [6.45, 7) is 0.480. The lowest BCUT2D eigenvalue weighted by Gasteiger charge is -2.40. The summed E-state index contributed by atoms with van der Waals surface area (Å²) in [4.78, 5) is 40.2. The first-order valence-corrected chi connectivity index (χ1v) is 12.6. The molecular weight excluding hydrogens is 511 g/mol. The van der Waals surface area contributed by atoms with Crippen molar-refractivity contribution in [3.63, 3.8) is 0 Å². The van der Waals surface area contributed by atoms with Crippen LogP contribution in [0.1, 0.15) is 36.0 Å². The summed E-state index contributed by atoms with van der Waals surface area (Å²) < 4.78 is 26.2. The summed E-state index contributed by atoms with van der Waals surface area (Å²) in [5.74, 6) is -3.14. The molecule has 39 heavy (non-hydrogen) atoms. The van der Waals surface area contributed by atoms with Gasteiger partial charge in [-0.2, -0.15) is 0 Å². The Morgan fingerprint density at radius 2 is 1.92 bits per heavy atom. The number of ketones is 1. The van der Waals surface area contributed by atoms with E-state index in [-0.39, 0.29) is 55.4 Å². The molecule has 0 bridgehead atoms. The number of Topliss-reactive ketones (excluding diaryl/α,β-unsaturated/α-hetero) is 1. The molecule has 4 rings (SSSR count). The Bertz CT molecular complexity index is 1300. The molecule has 11 heteroatoms. The number of benzene rings is 2. The number of rotatable bonds is 10. The number of methoxy groups -OCH3 is 1. The van der Waals surface area contributed by atoms with E-state index in [1.165, 1.54) is 38.3 Å². The SMILES string of the molecule is CCC(=O)C(=O)N(Cc1ccccc1F)[C@@H]1C=C(C(=O)NCCO)[C@@H]2c3cc(CO)cc(OC)c3O[C@@H]2[C@H]1O. The number of amides is 2. The Morgan fingerprint density at radius 1 is 1.18 bits per heavy atom. The third-order valence-corrected chi connectivity index (χ3v) is 6.97. The van der Waals surface area contributed by atoms with Gasteiger partial charge >= 0.3 is 0 Å². The monoisotopic (exact) mass is 542 g/mol. The summed E-state index contributed by atoms with van der Waals surface area (Å²) in [6.07, 6.45) is -1.24. The van der Waals surface area contributed by atoms with Crippen molar-refractivity contribution < 1.29 is 43.6 Å². The van der Waals surface area contributed by atoms with Crippen LogP contribution in [0, 0.1) is 5.82 Å². The standard InChI is InChI=1S/C28H31FN2O8/c1-3-21(34)28(37)31(13-16-6-4-5-7-19(16)29)20-12-18(27(36)30-8-9-32)23-17-10-15(14-33)11-22(38-2)25(17)39-26(23)24(20)35/h4-7,10-12,20,23-24,26,32-33,35H,3,8-9,13-14H2,1-2H3,(H,30,36)/t20-,23+,24+,26+/m1/s1. The molecule has 0 aromatic heterocycles. The fourth-order valence-corrected chi connectivity index (χ4v) is 5.05. The highest BCUT2D eigenvalue weighted by Crippen LogP contribution is 2.51. The summed E-state index contributed by atoms with van der Waals surface area (Å²) in [5, 5.41) is 33.2. The highest BCUT2D eigenvalue weighted by molar-refractivity contribution is 6.36. The van der Waals surface area contributed by atoms with Crippen LogP contribution < -0.4 is 14.8 Å². The number of nitrogens with zero attached hydrogens (tertiary/aromatic N) is 1. The van der Waals surface area contributed by atoms with Crippen LogP contribution in [0.15, 0.2) is 48.0 Å². The fraction of sp³-hybridized carbons (Fsp3) is 0.393. The van der Waals surface area contributed by atoms with E-state index in [1.54, 1.807) is 18.2 Å². The van der Waals surface area contributed by atoms with Crippen LogP contribution in [0.25, 0.3) is 0 Å². The maximum Gasteiger partial charge on any atom is 0.290 e. The number of hydrogen-bond acceptors (Lipinski definition) is 8. The zero-order valence-electron chi connectivity index (χ0n) is 21.6. The van der Waals surface area contributed by atoms with Gasteiger partial charge in [0.2, 0.25) is 11.7 Å². The first-order chi connectivity index (χ1) is 18.7. The number of fused-ring (bicyclic) bond motifs is 3. The maximum atomic E-state index is 14.6. The third-order valence-electron chi connectivity index (χ3n) is 6.97. The molecule has 10 nitrogen and oxygen atoms in total. The van der Waals surface area contributed by atoms with Crippen LogP contribution in [0.2, 0.25) is 0 Å². The Hall–Kier alpha value is -3.80. The quantitative estimate of drug-likeness (QED) is 0.325. The molecule has 1 aliphatic heterocycles. The molecule has 1 heterocycles. The molecule has 4 N–H and O–H groups in total. The van der Waals surface area contributed by atoms with Crippen molar-refractivity contribution in [2.24, 2.45) is 0 Å². The largest absolute Gasteiger partial charge is 0.493 e. The van der Waals surface area contributed by atoms with E-state index >= 15 is 0 Å². The number of halogens is 1. The number of aliphatic hydroxyl groups excluding tert-OH is 3. The van der Waals surface area contributed by atoms with E-state index in [1.807, 2.05) is 0 Å². The van der Waals surface area contributed by atoms with Gasteiger partial charge in [-0.1, -0.05) is 25.1 Å². The highest BCUT2D eigenvalue weighted by atomic mass is 19.1. The van der Waals surface area contributed by atoms with Crippen LogP contribution >= 0.6 is 0 Å². The van der Waals surface area contributed by atoms with E-state index in [0.717, 1.165) is 4.90 Å². The molecule has 2 aliphatic rings. The predicted octanol–water partition coefficient (Wildman–Crippen LogP) is 0.957. The van der Waals surface area contributed by atoms with Gasteiger partial charge in [0.15, 0.2) is 11.5 Å². The predicted molar refractivity (Wildman–Crippen MR) is 136 cm³/mol. The lowest BCUT2D eigenvalue weighted by molar-refractivity contribution is -0.148. The molecule has 208 valence electrons. The second-order valence-corrected chi connectivity index (χ2v) is 9.32. The zero-order valence-corrected chi connectivity index (χ0v) is 21.6. The molecule has 0 spiro atoms. The Balaban J connectivity index is 1.85. The molecular formula is C28H31FN2O8. The van der Waals surface area contributed by atoms with Gasteiger partial charge in [0.1, 0.15) is 18.0 Å². The maximum absolute atomic E-state index is 14.6. The lowest BCUT2D eigenvalue weighted by Crippen LogP contribution is -2.56. The van der Waals surface area contributed by atoms with Crippen LogP contribution in [0.3, 0.4) is 0 Å². The van der Waals surface area contributed by atoms with E-state index in [4.69, 9.17) is 9.47 Å². The van der Waals surface area contributed by atoms with E-state index in [2.05, 4.69) is 5.32 Å². The van der Waals surface area contributed by atoms with Crippen molar-refractivity contribution in [2.75, 3.05) is 20.3 Å². The van der Waals surface area contributed by atoms with Gasteiger partial charge in [0, 0.05) is 36.2 Å². The Kier molecular flexibility index (Phi) is 8.63. The first kappa shape index (κ1) is 28.2. The number of nitrogens with one attached hydrogen (secondary N) is 1. The molecule has 0 saturated heterocycles. The van der Waals surface area contributed by atoms with Gasteiger partial charge in [-0.3, -0.25) is 14.4 Å². The average Bonchev–Trinajstić information content (AvgIpc) is 3.34. The van der Waals surface area contributed by atoms with Gasteiger partial charge in [-0.05, 0) is 29.8 Å². The number of carbonyl (C=O) groups excluding carboxylic acids is 3. The number of aliphatic hydroxyl groups is 3. The minimum Gasteiger partial charge on any atom is -0.493 e. The molecule has 4 atom stereocenters. The normalized spacial score (nSPS) is 21.2. The molecule has 2 amide bonds. The van der Waals surface area contributed by atoms with E-state index in [9.17, 15) is 34.1 Å². The van der Waals surface area contributed by atoms with Gasteiger partial charge in [0.05, 0.1) is 32.3 Å². The molecule has 2 aromatic rings. The van der Waals surface area contributed by atoms with Crippen molar-refractivity contribution >= 4 is 17.6 Å². The second-order valence-electron chi connectivity index (χ2n) is 9.32. The van der Waals surface area contributed by atoms with E-state index in [0.29, 0.717) is 11.1 Å². The first-order valence-electron chi connectivity index (χ1n) is 12.6. The highest BCUT2D eigenvalue weighted by Gasteiger charge is 2.51. The van der Waals surface area contributed by atoms with Crippen molar-refractivity contribution in [3.8, 4) is 11.5 Å². The van der Waals surface area contributed by atoms with Gasteiger partial charge in [-0.25, -0.2) is 4.39 Å². The molecule has 2 aromatic carbocycles. The molecule has 0 saturated carbocycles. The van der Waals surface area contributed by atoms with Crippen molar-refractivity contribution in [1.82, 2.24) is 10.2 Å². The van der Waals surface area contributed by atoms with Crippen molar-refractivity contribution in [1.29, 1.82) is 0 Å². The fourth-order valence-electron chi connectivity index (χ4n) is 5.05. The van der Waals surface area contributed by atoms with Gasteiger partial charge in [-0.15, -0.1) is 0 Å². The zero-order chi connectivity index (χ0) is 28.3. The molecule has 0 unspecified atom stereocenters. The Morgan fingerprint density at radius 3 is 2.56 bits per heavy atom. The van der Waals surface area contributed by atoms with Crippen LogP contribution in [0.5, 0.6) is 11.5 Å². The topological polar surface area (TPSA) is 146 Å². The van der Waals surface area contributed by atoms with Crippen LogP contribution in [-0.2, 0) is 27.5 Å². The van der Waals surface area contributed by atoms with Gasteiger partial charge < -0.3 is 35.0 Å². The Labute approximate surface area is 224 Å². The third kappa shape index (κ3) is 5.38. The summed E-state index contributed by atoms with van der Waals surface area (Å²) in [6, 6.07) is 7.74. The second kappa shape index (κ2) is 11.9. The number of carbonyl (C=O) groups is 3. The summed E-state index contributed by atoms with van der Waals surface area (Å²) in [5.41, 5.74) is 1.22. The lowest BCUT2D eigenvalue weighted by atomic mass is 9.77. The smallest absolute Gasteiger partial charge is 0.290 e. The van der Waals surface area contributed by atoms with Crippen molar-refractivity contribution in [2.45, 2.75) is 50.7 Å². The average molecular weight is 543 g/mol. The van der Waals surface area contributed by atoms with Gasteiger partial charge in [0.25, 0.3) is 5.91 Å². The number of hydrogen-bond donors (Lipinski definition) is 4. The van der Waals surface area contributed by atoms with Crippen molar-refractivity contribution in [3.05, 3.63) is 70.6 Å². The summed E-state index contributed by atoms with van der Waals surface area (Å²) in [7, 11) is 1.41. The summed E-state index contributed by atoms with van der Waals surface area (Å²) >= 11 is 0. The minimum absolute atomic E-state index is 0.0549. The molecule has 0 fully saturated rings. The minimum atomic E-state index is -1.43. The molecule has 1 aliphatic carbocycles.